The van der Waals surface area contributed by atoms with Gasteiger partial charge in [0.2, 0.25) is 5.91 Å². The Bertz CT molecular complexity index is 1320. The highest BCUT2D eigenvalue weighted by Crippen LogP contribution is 2.38. The molecule has 0 aromatic heterocycles. The average Bonchev–Trinajstić information content (AvgIpc) is 3.22. The standard InChI is InChI=1S/C27H24N4O2S/c1-3-22(25(32)28-20-15-9-7-11-17(20)2)34-27-29-21-16-10-8-14-19(21)24-30-23(26(33)31(24)27)18-12-5-4-6-13-18/h4-16,22-23H,3H2,1-2H3,(H,28,32)/t22-,23+/m1/s1. The van der Waals surface area contributed by atoms with Crippen LogP contribution in [0.2, 0.25) is 0 Å². The molecule has 2 atom stereocenters. The van der Waals surface area contributed by atoms with E-state index in [1.807, 2.05) is 92.7 Å². The lowest BCUT2D eigenvalue weighted by Crippen LogP contribution is -2.41. The normalized spacial score (nSPS) is 17.4. The molecule has 2 aliphatic rings. The number of benzene rings is 3. The lowest BCUT2D eigenvalue weighted by atomic mass is 10.1. The third kappa shape index (κ3) is 4.03. The summed E-state index contributed by atoms with van der Waals surface area (Å²) in [6.45, 7) is 3.92. The molecule has 2 aliphatic heterocycles. The number of nitrogens with zero attached hydrogens (tertiary/aromatic N) is 3. The largest absolute Gasteiger partial charge is 0.325 e. The summed E-state index contributed by atoms with van der Waals surface area (Å²) < 4.78 is 0. The first-order valence-corrected chi connectivity index (χ1v) is 12.1. The number of para-hydroxylation sites is 2. The quantitative estimate of drug-likeness (QED) is 0.539. The first-order valence-electron chi connectivity index (χ1n) is 11.2. The molecule has 0 unspecified atom stereocenters. The second kappa shape index (κ2) is 9.27. The summed E-state index contributed by atoms with van der Waals surface area (Å²) in [5.41, 5.74) is 4.17. The Morgan fingerprint density at radius 3 is 2.50 bits per heavy atom. The summed E-state index contributed by atoms with van der Waals surface area (Å²) in [4.78, 5) is 37.9. The predicted octanol–water partition coefficient (Wildman–Crippen LogP) is 5.48. The lowest BCUT2D eigenvalue weighted by molar-refractivity contribution is -0.124. The number of fused-ring (bicyclic) bond motifs is 3. The summed E-state index contributed by atoms with van der Waals surface area (Å²) in [6, 6.07) is 24.3. The number of hydrogen-bond donors (Lipinski definition) is 1. The van der Waals surface area contributed by atoms with E-state index in [2.05, 4.69) is 5.32 Å². The fraction of sp³-hybridized carbons (Fsp3) is 0.185. The van der Waals surface area contributed by atoms with E-state index in [1.165, 1.54) is 11.8 Å². The van der Waals surface area contributed by atoms with E-state index in [4.69, 9.17) is 9.98 Å². The summed E-state index contributed by atoms with van der Waals surface area (Å²) in [7, 11) is 0. The zero-order chi connectivity index (χ0) is 23.7. The maximum atomic E-state index is 13.6. The third-order valence-corrected chi connectivity index (χ3v) is 7.22. The third-order valence-electron chi connectivity index (χ3n) is 5.90. The van der Waals surface area contributed by atoms with Crippen LogP contribution in [-0.2, 0) is 9.59 Å². The van der Waals surface area contributed by atoms with Crippen LogP contribution in [0.25, 0.3) is 0 Å². The number of anilines is 1. The van der Waals surface area contributed by atoms with Gasteiger partial charge in [0.1, 0.15) is 5.84 Å². The van der Waals surface area contributed by atoms with E-state index in [0.29, 0.717) is 17.4 Å². The van der Waals surface area contributed by atoms with Gasteiger partial charge >= 0.3 is 0 Å². The van der Waals surface area contributed by atoms with Gasteiger partial charge in [0, 0.05) is 11.3 Å². The minimum atomic E-state index is -0.631. The van der Waals surface area contributed by atoms with Gasteiger partial charge in [-0.3, -0.25) is 9.59 Å². The van der Waals surface area contributed by atoms with Crippen LogP contribution in [0.15, 0.2) is 88.8 Å². The summed E-state index contributed by atoms with van der Waals surface area (Å²) in [6.07, 6.45) is 0.583. The van der Waals surface area contributed by atoms with Crippen molar-refractivity contribution < 1.29 is 9.59 Å². The van der Waals surface area contributed by atoms with Crippen LogP contribution in [0.4, 0.5) is 11.4 Å². The lowest BCUT2D eigenvalue weighted by Gasteiger charge is -2.27. The molecule has 7 heteroatoms. The first-order chi connectivity index (χ1) is 16.6. The molecule has 34 heavy (non-hydrogen) atoms. The van der Waals surface area contributed by atoms with E-state index in [-0.39, 0.29) is 11.8 Å². The Balaban J connectivity index is 1.47. The fourth-order valence-corrected chi connectivity index (χ4v) is 5.08. The Kier molecular flexibility index (Phi) is 6.02. The molecule has 0 radical (unpaired) electrons. The number of amides is 2. The minimum absolute atomic E-state index is 0.117. The van der Waals surface area contributed by atoms with Crippen molar-refractivity contribution in [1.82, 2.24) is 4.90 Å². The zero-order valence-electron chi connectivity index (χ0n) is 18.9. The number of nitrogens with one attached hydrogen (secondary N) is 1. The Hall–Kier alpha value is -3.71. The number of hydrogen-bond acceptors (Lipinski definition) is 5. The fourth-order valence-electron chi connectivity index (χ4n) is 4.06. The molecular formula is C27H24N4O2S. The Labute approximate surface area is 202 Å². The Morgan fingerprint density at radius 2 is 1.74 bits per heavy atom. The van der Waals surface area contributed by atoms with Gasteiger partial charge in [0.05, 0.1) is 10.9 Å². The number of rotatable bonds is 5. The van der Waals surface area contributed by atoms with Gasteiger partial charge < -0.3 is 5.32 Å². The van der Waals surface area contributed by atoms with Gasteiger partial charge in [-0.05, 0) is 42.7 Å². The van der Waals surface area contributed by atoms with Gasteiger partial charge in [-0.2, -0.15) is 0 Å². The van der Waals surface area contributed by atoms with Gasteiger partial charge in [0.15, 0.2) is 11.2 Å². The van der Waals surface area contributed by atoms with Crippen LogP contribution in [-0.4, -0.2) is 33.0 Å². The molecule has 3 aromatic rings. The highest BCUT2D eigenvalue weighted by molar-refractivity contribution is 8.15. The van der Waals surface area contributed by atoms with Crippen molar-refractivity contribution in [3.8, 4) is 0 Å². The number of thioether (sulfide) groups is 1. The minimum Gasteiger partial charge on any atom is -0.325 e. The number of amidine groups is 2. The maximum Gasteiger partial charge on any atom is 0.263 e. The van der Waals surface area contributed by atoms with Gasteiger partial charge in [-0.15, -0.1) is 0 Å². The molecule has 0 aliphatic carbocycles. The maximum absolute atomic E-state index is 13.6. The second-order valence-corrected chi connectivity index (χ2v) is 9.34. The summed E-state index contributed by atoms with van der Waals surface area (Å²) in [5, 5.41) is 3.08. The molecule has 0 spiro atoms. The highest BCUT2D eigenvalue weighted by atomic mass is 32.2. The van der Waals surface area contributed by atoms with E-state index in [1.54, 1.807) is 4.90 Å². The molecule has 6 nitrogen and oxygen atoms in total. The van der Waals surface area contributed by atoms with Crippen LogP contribution in [0.3, 0.4) is 0 Å². The van der Waals surface area contributed by atoms with E-state index >= 15 is 0 Å². The SMILES string of the molecule is CC[C@@H](SC1=Nc2ccccc2C2=N[C@@H](c3ccccc3)C(=O)N12)C(=O)Nc1ccccc1C. The van der Waals surface area contributed by atoms with Crippen LogP contribution in [0.1, 0.15) is 36.1 Å². The van der Waals surface area contributed by atoms with Crippen molar-refractivity contribution in [3.05, 3.63) is 95.6 Å². The number of carbonyl (C=O) groups excluding carboxylic acids is 2. The van der Waals surface area contributed by atoms with Crippen LogP contribution >= 0.6 is 11.8 Å². The smallest absolute Gasteiger partial charge is 0.263 e. The monoisotopic (exact) mass is 468 g/mol. The topological polar surface area (TPSA) is 74.1 Å². The van der Waals surface area contributed by atoms with Gasteiger partial charge in [0.25, 0.3) is 5.91 Å². The highest BCUT2D eigenvalue weighted by Gasteiger charge is 2.43. The Morgan fingerprint density at radius 1 is 1.03 bits per heavy atom. The van der Waals surface area contributed by atoms with Crippen molar-refractivity contribution >= 4 is 46.0 Å². The van der Waals surface area contributed by atoms with E-state index in [9.17, 15) is 9.59 Å². The summed E-state index contributed by atoms with van der Waals surface area (Å²) in [5.74, 6) is 0.310. The van der Waals surface area contributed by atoms with Crippen LogP contribution in [0, 0.1) is 6.92 Å². The number of carbonyl (C=O) groups is 2. The van der Waals surface area contributed by atoms with Crippen LogP contribution in [0.5, 0.6) is 0 Å². The molecule has 0 bridgehead atoms. The zero-order valence-corrected chi connectivity index (χ0v) is 19.8. The van der Waals surface area contributed by atoms with E-state index < -0.39 is 11.3 Å². The van der Waals surface area contributed by atoms with E-state index in [0.717, 1.165) is 28.1 Å². The summed E-state index contributed by atoms with van der Waals surface area (Å²) >= 11 is 1.30. The number of aliphatic imine (C=N–C) groups is 2. The molecule has 1 N–H and O–H groups in total. The van der Waals surface area contributed by atoms with Crippen molar-refractivity contribution in [1.29, 1.82) is 0 Å². The van der Waals surface area contributed by atoms with Gasteiger partial charge in [-0.1, -0.05) is 79.3 Å². The molecule has 0 fully saturated rings. The molecule has 2 heterocycles. The van der Waals surface area contributed by atoms with Crippen LogP contribution < -0.4 is 5.32 Å². The van der Waals surface area contributed by atoms with Crippen molar-refractivity contribution in [2.45, 2.75) is 31.6 Å². The van der Waals surface area contributed by atoms with Crippen molar-refractivity contribution in [2.75, 3.05) is 5.32 Å². The predicted molar refractivity (Wildman–Crippen MR) is 138 cm³/mol. The molecule has 2 amide bonds. The first kappa shape index (κ1) is 22.1. The molecule has 170 valence electrons. The van der Waals surface area contributed by atoms with Crippen molar-refractivity contribution in [2.24, 2.45) is 9.98 Å². The molecule has 5 rings (SSSR count). The van der Waals surface area contributed by atoms with Gasteiger partial charge in [-0.25, -0.2) is 14.9 Å². The number of aryl methyl sites for hydroxylation is 1. The average molecular weight is 469 g/mol. The molecule has 0 saturated carbocycles. The molecular weight excluding hydrogens is 444 g/mol. The molecule has 0 saturated heterocycles. The second-order valence-electron chi connectivity index (χ2n) is 8.17. The van der Waals surface area contributed by atoms with Crippen molar-refractivity contribution in [3.63, 3.8) is 0 Å². The molecule has 3 aromatic carbocycles.